The lowest BCUT2D eigenvalue weighted by Crippen LogP contribution is -2.41. The van der Waals surface area contributed by atoms with Crippen molar-refractivity contribution in [1.82, 2.24) is 0 Å². The SMILES string of the molecule is CC1(C)OB([C@H](Cl)Cc2ccccc2)OC1(C)C.CC1(C)O[B]OC1(C)C. The summed E-state index contributed by atoms with van der Waals surface area (Å²) in [4.78, 5) is 0. The molecule has 1 atom stereocenters. The Hall–Kier alpha value is -0.520. The zero-order valence-electron chi connectivity index (χ0n) is 17.8. The predicted molar refractivity (Wildman–Crippen MR) is 112 cm³/mol. The van der Waals surface area contributed by atoms with E-state index in [1.807, 2.05) is 73.6 Å². The number of hydrogen-bond acceptors (Lipinski definition) is 4. The summed E-state index contributed by atoms with van der Waals surface area (Å²) >= 11 is 6.43. The second kappa shape index (κ2) is 8.08. The Balaban J connectivity index is 0.000000244. The van der Waals surface area contributed by atoms with Crippen molar-refractivity contribution < 1.29 is 18.6 Å². The third-order valence-corrected chi connectivity index (χ3v) is 6.34. The molecule has 27 heavy (non-hydrogen) atoms. The molecule has 0 saturated carbocycles. The van der Waals surface area contributed by atoms with Crippen LogP contribution >= 0.6 is 11.6 Å². The number of halogens is 1. The molecule has 1 aromatic rings. The van der Waals surface area contributed by atoms with Gasteiger partial charge in [0.15, 0.2) is 0 Å². The van der Waals surface area contributed by atoms with E-state index in [-0.39, 0.29) is 34.8 Å². The number of hydrogen-bond donors (Lipinski definition) is 0. The first-order chi connectivity index (χ1) is 12.3. The summed E-state index contributed by atoms with van der Waals surface area (Å²) in [6, 6.07) is 10.2. The number of benzene rings is 1. The molecule has 0 spiro atoms. The van der Waals surface area contributed by atoms with Gasteiger partial charge in [-0.1, -0.05) is 30.3 Å². The van der Waals surface area contributed by atoms with E-state index in [0.717, 1.165) is 6.42 Å². The highest BCUT2D eigenvalue weighted by atomic mass is 35.5. The molecule has 2 aliphatic rings. The van der Waals surface area contributed by atoms with Crippen LogP contribution in [0.4, 0.5) is 0 Å². The lowest BCUT2D eigenvalue weighted by molar-refractivity contribution is 0.00578. The fraction of sp³-hybridized carbons (Fsp3) is 0.700. The van der Waals surface area contributed by atoms with Gasteiger partial charge in [0, 0.05) is 0 Å². The molecule has 1 radical (unpaired) electrons. The average molecular weight is 394 g/mol. The van der Waals surface area contributed by atoms with Crippen LogP contribution in [0, 0.1) is 0 Å². The van der Waals surface area contributed by atoms with E-state index in [1.54, 1.807) is 0 Å². The van der Waals surface area contributed by atoms with Crippen molar-refractivity contribution in [3.63, 3.8) is 0 Å². The second-order valence-electron chi connectivity index (χ2n) is 9.18. The third kappa shape index (κ3) is 5.30. The second-order valence-corrected chi connectivity index (χ2v) is 9.74. The molecule has 0 unspecified atom stereocenters. The van der Waals surface area contributed by atoms with Crippen LogP contribution in [-0.2, 0) is 25.0 Å². The summed E-state index contributed by atoms with van der Waals surface area (Å²) in [7, 11) is 1.07. The van der Waals surface area contributed by atoms with Gasteiger partial charge in [0.05, 0.1) is 27.7 Å². The molecule has 0 aromatic heterocycles. The van der Waals surface area contributed by atoms with Crippen LogP contribution in [-0.4, -0.2) is 42.5 Å². The van der Waals surface area contributed by atoms with E-state index in [1.165, 1.54) is 13.2 Å². The first kappa shape index (κ1) is 22.8. The van der Waals surface area contributed by atoms with E-state index in [2.05, 4.69) is 12.1 Å². The lowest BCUT2D eigenvalue weighted by Gasteiger charge is -2.32. The van der Waals surface area contributed by atoms with Gasteiger partial charge in [0.1, 0.15) is 0 Å². The summed E-state index contributed by atoms with van der Waals surface area (Å²) in [6.07, 6.45) is 0.749. The molecule has 2 fully saturated rings. The Labute approximate surface area is 170 Å². The van der Waals surface area contributed by atoms with Gasteiger partial charge in [-0.05, 0) is 67.4 Å². The number of alkyl halides is 1. The summed E-state index contributed by atoms with van der Waals surface area (Å²) in [5.41, 5.74) is 0.190. The van der Waals surface area contributed by atoms with Gasteiger partial charge in [-0.25, -0.2) is 0 Å². The van der Waals surface area contributed by atoms with E-state index in [9.17, 15) is 0 Å². The Morgan fingerprint density at radius 1 is 0.815 bits per heavy atom. The Kier molecular flexibility index (Phi) is 6.81. The van der Waals surface area contributed by atoms with Crippen molar-refractivity contribution in [2.75, 3.05) is 0 Å². The van der Waals surface area contributed by atoms with Crippen LogP contribution in [0.3, 0.4) is 0 Å². The molecule has 149 valence electrons. The maximum Gasteiger partial charge on any atom is 0.488 e. The smallest absolute Gasteiger partial charge is 0.405 e. The van der Waals surface area contributed by atoms with Crippen molar-refractivity contribution in [3.05, 3.63) is 35.9 Å². The summed E-state index contributed by atoms with van der Waals surface area (Å²) < 4.78 is 22.3. The van der Waals surface area contributed by atoms with Crippen LogP contribution in [0.15, 0.2) is 30.3 Å². The van der Waals surface area contributed by atoms with Crippen LogP contribution in [0.2, 0.25) is 0 Å². The van der Waals surface area contributed by atoms with Crippen molar-refractivity contribution in [3.8, 4) is 0 Å². The van der Waals surface area contributed by atoms with Gasteiger partial charge >= 0.3 is 14.8 Å². The van der Waals surface area contributed by atoms with Crippen LogP contribution < -0.4 is 0 Å². The minimum Gasteiger partial charge on any atom is -0.405 e. The normalized spacial score (nSPS) is 25.3. The maximum atomic E-state index is 6.43. The van der Waals surface area contributed by atoms with Crippen molar-refractivity contribution >= 4 is 26.4 Å². The summed E-state index contributed by atoms with van der Waals surface area (Å²) in [5, 5.41) is -0.173. The molecular formula is C20H32B2ClO4. The Morgan fingerprint density at radius 2 is 1.26 bits per heavy atom. The Morgan fingerprint density at radius 3 is 1.63 bits per heavy atom. The molecule has 0 bridgehead atoms. The fourth-order valence-electron chi connectivity index (χ4n) is 2.52. The zero-order valence-corrected chi connectivity index (χ0v) is 18.6. The third-order valence-electron chi connectivity index (χ3n) is 5.98. The molecule has 7 heteroatoms. The summed E-state index contributed by atoms with van der Waals surface area (Å²) in [5.74, 6) is 0. The van der Waals surface area contributed by atoms with Crippen molar-refractivity contribution in [2.45, 2.75) is 89.5 Å². The topological polar surface area (TPSA) is 36.9 Å². The minimum absolute atomic E-state index is 0.173. The first-order valence-corrected chi connectivity index (χ1v) is 9.92. The van der Waals surface area contributed by atoms with Gasteiger partial charge in [-0.3, -0.25) is 0 Å². The first-order valence-electron chi connectivity index (χ1n) is 9.48. The molecule has 0 N–H and O–H groups in total. The Bertz CT molecular complexity index is 590. The standard InChI is InChI=1S/C14H20BClO2.C6H12BO2/c1-13(2)14(3,4)18-15(17-13)12(16)10-11-8-6-5-7-9-11;1-5(2)6(3,4)9-7-8-5/h5-9,12H,10H2,1-4H3;1-4H3/t12-;/m1./s1. The molecular weight excluding hydrogens is 361 g/mol. The van der Waals surface area contributed by atoms with Crippen LogP contribution in [0.5, 0.6) is 0 Å². The molecule has 0 aliphatic carbocycles. The highest BCUT2D eigenvalue weighted by Crippen LogP contribution is 2.38. The fourth-order valence-corrected chi connectivity index (χ4v) is 2.80. The quantitative estimate of drug-likeness (QED) is 0.556. The van der Waals surface area contributed by atoms with E-state index in [0.29, 0.717) is 0 Å². The largest absolute Gasteiger partial charge is 0.488 e. The molecule has 2 aliphatic heterocycles. The highest BCUT2D eigenvalue weighted by molar-refractivity contribution is 6.60. The molecule has 1 aromatic carbocycles. The van der Waals surface area contributed by atoms with Gasteiger partial charge in [-0.15, -0.1) is 11.6 Å². The van der Waals surface area contributed by atoms with E-state index < -0.39 is 0 Å². The lowest BCUT2D eigenvalue weighted by atomic mass is 9.80. The van der Waals surface area contributed by atoms with Crippen LogP contribution in [0.25, 0.3) is 0 Å². The van der Waals surface area contributed by atoms with Crippen molar-refractivity contribution in [1.29, 1.82) is 0 Å². The van der Waals surface area contributed by atoms with Gasteiger partial charge in [-0.2, -0.15) is 0 Å². The van der Waals surface area contributed by atoms with Gasteiger partial charge in [0.25, 0.3) is 0 Å². The van der Waals surface area contributed by atoms with E-state index >= 15 is 0 Å². The molecule has 2 saturated heterocycles. The van der Waals surface area contributed by atoms with Crippen molar-refractivity contribution in [2.24, 2.45) is 0 Å². The number of rotatable bonds is 3. The average Bonchev–Trinajstić information content (AvgIpc) is 2.91. The maximum absolute atomic E-state index is 6.43. The van der Waals surface area contributed by atoms with E-state index in [4.69, 9.17) is 30.2 Å². The van der Waals surface area contributed by atoms with Gasteiger partial charge in [0.2, 0.25) is 0 Å². The highest BCUT2D eigenvalue weighted by Gasteiger charge is 2.53. The molecule has 0 amide bonds. The predicted octanol–water partition coefficient (Wildman–Crippen LogP) is 4.59. The zero-order chi connectivity index (χ0) is 20.5. The molecule has 2 heterocycles. The van der Waals surface area contributed by atoms with Gasteiger partial charge < -0.3 is 18.6 Å². The molecule has 4 nitrogen and oxygen atoms in total. The minimum atomic E-state index is -0.350. The monoisotopic (exact) mass is 393 g/mol. The van der Waals surface area contributed by atoms with Crippen LogP contribution in [0.1, 0.15) is 61.0 Å². The summed E-state index contributed by atoms with van der Waals surface area (Å²) in [6.45, 7) is 16.2. The molecule has 3 rings (SSSR count).